The average Bonchev–Trinajstić information content (AvgIpc) is 2.93. The summed E-state index contributed by atoms with van der Waals surface area (Å²) >= 11 is 3.43. The normalized spacial score (nSPS) is 36.6. The molecule has 2 heterocycles. The summed E-state index contributed by atoms with van der Waals surface area (Å²) in [6.45, 7) is 0. The van der Waals surface area contributed by atoms with E-state index in [-0.39, 0.29) is 5.91 Å². The van der Waals surface area contributed by atoms with Crippen molar-refractivity contribution in [1.29, 1.82) is 0 Å². The fourth-order valence-electron chi connectivity index (χ4n) is 5.03. The highest BCUT2D eigenvalue weighted by Gasteiger charge is 2.47. The van der Waals surface area contributed by atoms with E-state index in [4.69, 9.17) is 0 Å². The summed E-state index contributed by atoms with van der Waals surface area (Å²) in [5.74, 6) is 2.79. The van der Waals surface area contributed by atoms with E-state index >= 15 is 0 Å². The molecule has 1 N–H and O–H groups in total. The smallest absolute Gasteiger partial charge is 0.220 e. The molecule has 3 aliphatic rings. The van der Waals surface area contributed by atoms with Gasteiger partial charge in [-0.1, -0.05) is 25.3 Å². The second-order valence-electron chi connectivity index (χ2n) is 7.32. The van der Waals surface area contributed by atoms with E-state index in [0.29, 0.717) is 24.3 Å². The number of nitrogens with one attached hydrogen (secondary N) is 1. The highest BCUT2D eigenvalue weighted by Crippen LogP contribution is 2.49. The number of hydrogen-bond acceptors (Lipinski definition) is 2. The predicted molar refractivity (Wildman–Crippen MR) is 94.6 cm³/mol. The number of hydrogen-bond donors (Lipinski definition) is 1. The van der Waals surface area contributed by atoms with Gasteiger partial charge in [0.15, 0.2) is 0 Å². The molecule has 1 aromatic rings. The molecule has 4 rings (SSSR count). The van der Waals surface area contributed by atoms with Crippen molar-refractivity contribution < 1.29 is 4.79 Å². The number of nitrogens with zero attached hydrogens (tertiary/aromatic N) is 1. The Morgan fingerprint density at radius 2 is 2.09 bits per heavy atom. The van der Waals surface area contributed by atoms with Crippen molar-refractivity contribution >= 4 is 27.9 Å². The number of carbonyl (C=O) groups is 1. The maximum absolute atomic E-state index is 11.9. The van der Waals surface area contributed by atoms with Crippen LogP contribution >= 0.6 is 15.9 Å². The topological polar surface area (TPSA) is 42.0 Å². The Kier molecular flexibility index (Phi) is 4.27. The van der Waals surface area contributed by atoms with Crippen LogP contribution in [0.3, 0.4) is 0 Å². The van der Waals surface area contributed by atoms with Gasteiger partial charge in [0.05, 0.1) is 5.69 Å². The third-order valence-corrected chi connectivity index (χ3v) is 6.51. The second kappa shape index (κ2) is 6.39. The fourth-order valence-corrected chi connectivity index (χ4v) is 5.26. The van der Waals surface area contributed by atoms with E-state index < -0.39 is 0 Å². The molecule has 0 radical (unpaired) electrons. The lowest BCUT2D eigenvalue weighted by atomic mass is 9.60. The highest BCUT2D eigenvalue weighted by atomic mass is 79.9. The van der Waals surface area contributed by atoms with Crippen LogP contribution in [0.25, 0.3) is 6.08 Å². The molecular formula is C19H23BrN2O. The van der Waals surface area contributed by atoms with Gasteiger partial charge in [0.1, 0.15) is 0 Å². The first-order valence-corrected chi connectivity index (χ1v) is 9.59. The Morgan fingerprint density at radius 3 is 2.91 bits per heavy atom. The van der Waals surface area contributed by atoms with E-state index in [0.717, 1.165) is 22.0 Å². The van der Waals surface area contributed by atoms with E-state index in [2.05, 4.69) is 38.4 Å². The van der Waals surface area contributed by atoms with E-state index in [9.17, 15) is 4.79 Å². The minimum absolute atomic E-state index is 0.249. The SMILES string of the molecule is O=C1C[C@@H]2[C@@H](/C=C/c3ccc(Br)cn3)[C@@H]3CCCC[C@H]3C[C@H]2N1. The van der Waals surface area contributed by atoms with Gasteiger partial charge in [0, 0.05) is 23.1 Å². The number of halogens is 1. The fraction of sp³-hybridized carbons (Fsp3) is 0.579. The molecule has 122 valence electrons. The Morgan fingerprint density at radius 1 is 1.22 bits per heavy atom. The highest BCUT2D eigenvalue weighted by molar-refractivity contribution is 9.10. The minimum Gasteiger partial charge on any atom is -0.353 e. The summed E-state index contributed by atoms with van der Waals surface area (Å²) in [4.78, 5) is 16.4. The summed E-state index contributed by atoms with van der Waals surface area (Å²) in [5.41, 5.74) is 1.000. The van der Waals surface area contributed by atoms with Crippen LogP contribution in [-0.4, -0.2) is 16.9 Å². The molecule has 3 nitrogen and oxygen atoms in total. The maximum Gasteiger partial charge on any atom is 0.220 e. The number of pyridine rings is 1. The van der Waals surface area contributed by atoms with Crippen molar-refractivity contribution in [2.45, 2.75) is 44.6 Å². The van der Waals surface area contributed by atoms with Gasteiger partial charge in [-0.25, -0.2) is 0 Å². The number of amides is 1. The zero-order chi connectivity index (χ0) is 15.8. The molecule has 2 saturated carbocycles. The number of aromatic nitrogens is 1. The van der Waals surface area contributed by atoms with Crippen LogP contribution < -0.4 is 5.32 Å². The third kappa shape index (κ3) is 3.10. The molecule has 1 amide bonds. The van der Waals surface area contributed by atoms with Crippen molar-refractivity contribution in [2.75, 3.05) is 0 Å². The molecule has 0 bridgehead atoms. The quantitative estimate of drug-likeness (QED) is 0.842. The third-order valence-electron chi connectivity index (χ3n) is 6.04. The van der Waals surface area contributed by atoms with Gasteiger partial charge in [-0.05, 0) is 70.7 Å². The zero-order valence-electron chi connectivity index (χ0n) is 13.2. The largest absolute Gasteiger partial charge is 0.353 e. The molecule has 0 spiro atoms. The van der Waals surface area contributed by atoms with Gasteiger partial charge in [-0.3, -0.25) is 9.78 Å². The van der Waals surface area contributed by atoms with Crippen LogP contribution in [0.4, 0.5) is 0 Å². The molecule has 3 fully saturated rings. The molecule has 0 unspecified atom stereocenters. The molecular weight excluding hydrogens is 352 g/mol. The number of fused-ring (bicyclic) bond motifs is 2. The lowest BCUT2D eigenvalue weighted by Gasteiger charge is -2.46. The standard InChI is InChI=1S/C19H23BrN2O/c20-13-5-6-14(21-11-13)7-8-16-15-4-2-1-3-12(15)9-18-17(16)10-19(23)22-18/h5-8,11-12,15-18H,1-4,9-10H2,(H,22,23)/b8-7+/t12-,15+,16-,17+,18+/m0/s1. The van der Waals surface area contributed by atoms with Gasteiger partial charge in [0.2, 0.25) is 5.91 Å². The summed E-state index contributed by atoms with van der Waals surface area (Å²) in [6.07, 6.45) is 13.6. The molecule has 5 atom stereocenters. The van der Waals surface area contributed by atoms with Gasteiger partial charge < -0.3 is 5.32 Å². The lowest BCUT2D eigenvalue weighted by Crippen LogP contribution is -2.45. The van der Waals surface area contributed by atoms with Gasteiger partial charge in [-0.2, -0.15) is 0 Å². The van der Waals surface area contributed by atoms with E-state index in [1.165, 1.54) is 32.1 Å². The first-order chi connectivity index (χ1) is 11.2. The predicted octanol–water partition coefficient (Wildman–Crippen LogP) is 4.19. The summed E-state index contributed by atoms with van der Waals surface area (Å²) in [7, 11) is 0. The first kappa shape index (κ1) is 15.4. The van der Waals surface area contributed by atoms with Crippen LogP contribution in [0.15, 0.2) is 28.9 Å². The first-order valence-electron chi connectivity index (χ1n) is 8.80. The minimum atomic E-state index is 0.249. The Hall–Kier alpha value is -1.16. The van der Waals surface area contributed by atoms with Crippen molar-refractivity contribution in [2.24, 2.45) is 23.7 Å². The van der Waals surface area contributed by atoms with E-state index in [1.54, 1.807) is 0 Å². The maximum atomic E-state index is 11.9. The Bertz CT molecular complexity index is 612. The molecule has 2 aliphatic carbocycles. The van der Waals surface area contributed by atoms with E-state index in [1.807, 2.05) is 18.3 Å². The Labute approximate surface area is 146 Å². The summed E-state index contributed by atoms with van der Waals surface area (Å²) < 4.78 is 1.00. The molecule has 23 heavy (non-hydrogen) atoms. The van der Waals surface area contributed by atoms with Gasteiger partial charge >= 0.3 is 0 Å². The van der Waals surface area contributed by atoms with Crippen LogP contribution in [0, 0.1) is 23.7 Å². The second-order valence-corrected chi connectivity index (χ2v) is 8.24. The van der Waals surface area contributed by atoms with Crippen molar-refractivity contribution in [3.05, 3.63) is 34.6 Å². The number of allylic oxidation sites excluding steroid dienone is 1. The number of carbonyl (C=O) groups excluding carboxylic acids is 1. The molecule has 1 aromatic heterocycles. The summed E-state index contributed by atoms with van der Waals surface area (Å²) in [5, 5.41) is 3.23. The van der Waals surface area contributed by atoms with Crippen molar-refractivity contribution in [3.8, 4) is 0 Å². The van der Waals surface area contributed by atoms with Crippen LogP contribution in [0.2, 0.25) is 0 Å². The average molecular weight is 375 g/mol. The van der Waals surface area contributed by atoms with Gasteiger partial charge in [-0.15, -0.1) is 0 Å². The molecule has 1 aliphatic heterocycles. The van der Waals surface area contributed by atoms with Crippen molar-refractivity contribution in [3.63, 3.8) is 0 Å². The molecule has 4 heteroatoms. The number of rotatable bonds is 2. The molecule has 0 aromatic carbocycles. The van der Waals surface area contributed by atoms with Crippen LogP contribution in [0.5, 0.6) is 0 Å². The zero-order valence-corrected chi connectivity index (χ0v) is 14.8. The monoisotopic (exact) mass is 374 g/mol. The van der Waals surface area contributed by atoms with Crippen LogP contribution in [-0.2, 0) is 4.79 Å². The summed E-state index contributed by atoms with van der Waals surface area (Å²) in [6, 6.07) is 4.46. The van der Waals surface area contributed by atoms with Gasteiger partial charge in [0.25, 0.3) is 0 Å². The Balaban J connectivity index is 1.59. The lowest BCUT2D eigenvalue weighted by molar-refractivity contribution is -0.119. The molecule has 1 saturated heterocycles. The van der Waals surface area contributed by atoms with Crippen LogP contribution in [0.1, 0.15) is 44.2 Å². The van der Waals surface area contributed by atoms with Crippen molar-refractivity contribution in [1.82, 2.24) is 10.3 Å².